The Morgan fingerprint density at radius 3 is 1.76 bits per heavy atom. The maximum Gasteiger partial charge on any atom is 0.0714 e. The van der Waals surface area contributed by atoms with Crippen molar-refractivity contribution in [1.82, 2.24) is 0 Å². The van der Waals surface area contributed by atoms with Gasteiger partial charge in [0.25, 0.3) is 0 Å². The molecule has 0 saturated heterocycles. The van der Waals surface area contributed by atoms with Crippen molar-refractivity contribution in [2.45, 2.75) is 5.41 Å². The first-order valence-corrected chi connectivity index (χ1v) is 17.1. The second kappa shape index (κ2) is 13.2. The fourth-order valence-corrected chi connectivity index (χ4v) is 7.68. The Morgan fingerprint density at radius 1 is 0.460 bits per heavy atom. The molecule has 0 heterocycles. The first kappa shape index (κ1) is 30.9. The van der Waals surface area contributed by atoms with Gasteiger partial charge in [0.2, 0.25) is 0 Å². The lowest BCUT2D eigenvalue weighted by atomic mass is 9.67. The highest BCUT2D eigenvalue weighted by molar-refractivity contribution is 5.90. The normalized spacial score (nSPS) is 14.8. The van der Waals surface area contributed by atoms with E-state index in [4.69, 9.17) is 0 Å². The first-order valence-electron chi connectivity index (χ1n) is 17.1. The quantitative estimate of drug-likeness (QED) is 0.142. The summed E-state index contributed by atoms with van der Waals surface area (Å²) < 4.78 is 0. The smallest absolute Gasteiger partial charge is 0.0714 e. The van der Waals surface area contributed by atoms with Gasteiger partial charge >= 0.3 is 0 Å². The summed E-state index contributed by atoms with van der Waals surface area (Å²) in [5.74, 6) is 0. The number of hydrogen-bond donors (Lipinski definition) is 0. The maximum absolute atomic E-state index is 4.02. The van der Waals surface area contributed by atoms with E-state index < -0.39 is 5.41 Å². The van der Waals surface area contributed by atoms with Crippen molar-refractivity contribution in [3.8, 4) is 22.3 Å². The second-order valence-electron chi connectivity index (χ2n) is 12.6. The molecule has 0 radical (unpaired) electrons. The highest BCUT2D eigenvalue weighted by Gasteiger charge is 2.46. The molecule has 0 fully saturated rings. The van der Waals surface area contributed by atoms with Gasteiger partial charge in [0.05, 0.1) is 5.41 Å². The Hall–Kier alpha value is -6.44. The van der Waals surface area contributed by atoms with Crippen molar-refractivity contribution in [2.24, 2.45) is 0 Å². The minimum Gasteiger partial charge on any atom is -0.310 e. The van der Waals surface area contributed by atoms with Crippen LogP contribution >= 0.6 is 0 Å². The first-order chi connectivity index (χ1) is 24.7. The number of para-hydroxylation sites is 1. The van der Waals surface area contributed by atoms with Crippen LogP contribution in [0.1, 0.15) is 27.8 Å². The van der Waals surface area contributed by atoms with Crippen molar-refractivity contribution >= 4 is 22.6 Å². The molecule has 0 N–H and O–H groups in total. The van der Waals surface area contributed by atoms with E-state index in [-0.39, 0.29) is 0 Å². The fourth-order valence-electron chi connectivity index (χ4n) is 7.68. The lowest BCUT2D eigenvalue weighted by molar-refractivity contribution is 0.769. The number of rotatable bonds is 9. The van der Waals surface area contributed by atoms with E-state index in [1.165, 1.54) is 44.5 Å². The van der Waals surface area contributed by atoms with Crippen molar-refractivity contribution in [2.75, 3.05) is 4.90 Å². The number of anilines is 3. The molecule has 7 aromatic rings. The summed E-state index contributed by atoms with van der Waals surface area (Å²) in [5, 5.41) is 0. The molecular formula is C49H37N. The molecule has 1 aliphatic rings. The molecule has 0 amide bonds. The number of benzene rings is 7. The van der Waals surface area contributed by atoms with Crippen LogP contribution in [0.25, 0.3) is 27.8 Å². The monoisotopic (exact) mass is 639 g/mol. The van der Waals surface area contributed by atoms with Gasteiger partial charge in [-0.1, -0.05) is 171 Å². The van der Waals surface area contributed by atoms with Gasteiger partial charge < -0.3 is 4.90 Å². The lowest BCUT2D eigenvalue weighted by Gasteiger charge is -2.35. The molecule has 1 unspecified atom stereocenters. The fraction of sp³-hybridized carbons (Fsp3) is 0.0204. The number of nitrogens with zero attached hydrogens (tertiary/aromatic N) is 1. The van der Waals surface area contributed by atoms with E-state index in [1.807, 2.05) is 12.2 Å². The van der Waals surface area contributed by atoms with Gasteiger partial charge in [-0.3, -0.25) is 0 Å². The molecule has 0 spiro atoms. The minimum atomic E-state index is -0.533. The van der Waals surface area contributed by atoms with E-state index in [0.29, 0.717) is 0 Å². The summed E-state index contributed by atoms with van der Waals surface area (Å²) in [4.78, 5) is 2.36. The molecule has 1 nitrogen and oxygen atoms in total. The third-order valence-electron chi connectivity index (χ3n) is 9.89. The second-order valence-corrected chi connectivity index (χ2v) is 12.6. The molecule has 0 aromatic heterocycles. The minimum absolute atomic E-state index is 0.533. The Bertz CT molecular complexity index is 2330. The molecule has 1 aliphatic carbocycles. The van der Waals surface area contributed by atoms with E-state index >= 15 is 0 Å². The third-order valence-corrected chi connectivity index (χ3v) is 9.89. The van der Waals surface area contributed by atoms with Crippen molar-refractivity contribution in [1.29, 1.82) is 0 Å². The van der Waals surface area contributed by atoms with E-state index in [2.05, 4.69) is 200 Å². The maximum atomic E-state index is 4.02. The third kappa shape index (κ3) is 5.21. The number of allylic oxidation sites excluding steroid dienone is 4. The lowest BCUT2D eigenvalue weighted by Crippen LogP contribution is -2.28. The Labute approximate surface area is 295 Å². The highest BCUT2D eigenvalue weighted by atomic mass is 15.1. The topological polar surface area (TPSA) is 3.24 Å². The molecule has 8 rings (SSSR count). The van der Waals surface area contributed by atoms with Gasteiger partial charge in [-0.25, -0.2) is 0 Å². The zero-order chi connectivity index (χ0) is 33.9. The van der Waals surface area contributed by atoms with Gasteiger partial charge in [0, 0.05) is 17.1 Å². The average molecular weight is 640 g/mol. The van der Waals surface area contributed by atoms with Gasteiger partial charge in [-0.05, 0) is 98.1 Å². The molecular weight excluding hydrogens is 603 g/mol. The molecule has 7 aromatic carbocycles. The summed E-state index contributed by atoms with van der Waals surface area (Å²) >= 11 is 0. The molecule has 0 saturated carbocycles. The zero-order valence-corrected chi connectivity index (χ0v) is 27.9. The van der Waals surface area contributed by atoms with Crippen LogP contribution in [-0.2, 0) is 5.41 Å². The largest absolute Gasteiger partial charge is 0.310 e. The van der Waals surface area contributed by atoms with Crippen molar-refractivity contribution in [3.05, 3.63) is 241 Å². The van der Waals surface area contributed by atoms with Gasteiger partial charge in [-0.15, -0.1) is 0 Å². The summed E-state index contributed by atoms with van der Waals surface area (Å²) in [7, 11) is 0. The van der Waals surface area contributed by atoms with Gasteiger partial charge in [-0.2, -0.15) is 0 Å². The Kier molecular flexibility index (Phi) is 8.16. The zero-order valence-electron chi connectivity index (χ0n) is 27.9. The van der Waals surface area contributed by atoms with Gasteiger partial charge in [0.1, 0.15) is 0 Å². The van der Waals surface area contributed by atoms with Crippen molar-refractivity contribution < 1.29 is 0 Å². The molecule has 50 heavy (non-hydrogen) atoms. The highest BCUT2D eigenvalue weighted by Crippen LogP contribution is 2.57. The summed E-state index contributed by atoms with van der Waals surface area (Å²) in [6.07, 6.45) is 5.67. The molecule has 1 atom stereocenters. The van der Waals surface area contributed by atoms with Crippen LogP contribution in [0.15, 0.2) is 213 Å². The van der Waals surface area contributed by atoms with E-state index in [1.54, 1.807) is 6.08 Å². The summed E-state index contributed by atoms with van der Waals surface area (Å²) in [6, 6.07) is 66.1. The molecule has 1 heteroatoms. The summed E-state index contributed by atoms with van der Waals surface area (Å²) in [6.45, 7) is 7.90. The molecule has 238 valence electrons. The van der Waals surface area contributed by atoms with Crippen LogP contribution in [0.4, 0.5) is 17.1 Å². The van der Waals surface area contributed by atoms with E-state index in [0.717, 1.165) is 28.2 Å². The Morgan fingerprint density at radius 2 is 1.04 bits per heavy atom. The average Bonchev–Trinajstić information content (AvgIpc) is 3.49. The van der Waals surface area contributed by atoms with Crippen LogP contribution in [0, 0.1) is 0 Å². The van der Waals surface area contributed by atoms with Crippen LogP contribution < -0.4 is 4.90 Å². The van der Waals surface area contributed by atoms with E-state index in [9.17, 15) is 0 Å². The number of hydrogen-bond acceptors (Lipinski definition) is 1. The predicted octanol–water partition coefficient (Wildman–Crippen LogP) is 12.9. The van der Waals surface area contributed by atoms with Crippen LogP contribution in [0.2, 0.25) is 0 Å². The standard InChI is InChI=1S/C49H37N/c1-3-17-36(4-2)38-28-30-43(31-29-38)50(42-24-12-7-13-25-42)44-32-33-46-45-26-14-15-27-47(45)49(48(46)35-44,40-21-10-6-11-22-40)41-23-16-20-39(34-41)37-18-8-5-9-19-37/h3-35H,1-2H2/b36-17+. The number of fused-ring (bicyclic) bond motifs is 3. The Balaban J connectivity index is 1.38. The molecule has 0 aliphatic heterocycles. The van der Waals surface area contributed by atoms with Crippen molar-refractivity contribution in [3.63, 3.8) is 0 Å². The van der Waals surface area contributed by atoms with Crippen LogP contribution in [-0.4, -0.2) is 0 Å². The van der Waals surface area contributed by atoms with Gasteiger partial charge in [0.15, 0.2) is 0 Å². The summed E-state index contributed by atoms with van der Waals surface area (Å²) in [5.41, 5.74) is 14.9. The van der Waals surface area contributed by atoms with Crippen LogP contribution in [0.3, 0.4) is 0 Å². The predicted molar refractivity (Wildman–Crippen MR) is 212 cm³/mol. The molecule has 0 bridgehead atoms. The van der Waals surface area contributed by atoms with Crippen LogP contribution in [0.5, 0.6) is 0 Å². The SMILES string of the molecule is C=C/C=C(\C=C)c1ccc(N(c2ccccc2)c2ccc3c(c2)C(c2ccccc2)(c2cccc(-c4ccccc4)c2)c2ccccc2-3)cc1.